The number of rotatable bonds is 5. The molecule has 3 heteroatoms. The highest BCUT2D eigenvalue weighted by atomic mass is 16.3. The quantitative estimate of drug-likeness (QED) is 0.733. The van der Waals surface area contributed by atoms with Gasteiger partial charge in [-0.05, 0) is 19.4 Å². The molecule has 0 aromatic carbocycles. The Kier molecular flexibility index (Phi) is 4.23. The lowest BCUT2D eigenvalue weighted by molar-refractivity contribution is 0.0924. The number of nitrogens with one attached hydrogen (secondary N) is 1. The van der Waals surface area contributed by atoms with Gasteiger partial charge in [0.25, 0.3) is 5.91 Å². The van der Waals surface area contributed by atoms with Gasteiger partial charge in [0, 0.05) is 12.1 Å². The SMILES string of the molecule is CCCCCNC(=O)c1occc1C. The Bertz CT molecular complexity index is 291. The smallest absolute Gasteiger partial charge is 0.287 e. The van der Waals surface area contributed by atoms with Crippen LogP contribution in [0.4, 0.5) is 0 Å². The van der Waals surface area contributed by atoms with Crippen LogP contribution in [0.3, 0.4) is 0 Å². The summed E-state index contributed by atoms with van der Waals surface area (Å²) >= 11 is 0. The molecule has 1 N–H and O–H groups in total. The fourth-order valence-electron chi connectivity index (χ4n) is 1.26. The third kappa shape index (κ3) is 2.91. The molecule has 0 saturated carbocycles. The van der Waals surface area contributed by atoms with E-state index in [4.69, 9.17) is 4.42 Å². The van der Waals surface area contributed by atoms with Crippen LogP contribution >= 0.6 is 0 Å². The van der Waals surface area contributed by atoms with Gasteiger partial charge in [-0.3, -0.25) is 4.79 Å². The van der Waals surface area contributed by atoms with Gasteiger partial charge >= 0.3 is 0 Å². The topological polar surface area (TPSA) is 42.2 Å². The molecule has 0 radical (unpaired) electrons. The normalized spacial score (nSPS) is 10.1. The molecule has 1 amide bonds. The summed E-state index contributed by atoms with van der Waals surface area (Å²) in [6, 6.07) is 1.79. The van der Waals surface area contributed by atoms with E-state index in [0.717, 1.165) is 31.4 Å². The van der Waals surface area contributed by atoms with Crippen LogP contribution in [-0.2, 0) is 0 Å². The minimum atomic E-state index is -0.108. The number of carbonyl (C=O) groups is 1. The molecular weight excluding hydrogens is 178 g/mol. The van der Waals surface area contributed by atoms with Crippen LogP contribution in [0.2, 0.25) is 0 Å². The molecule has 0 saturated heterocycles. The number of unbranched alkanes of at least 4 members (excludes halogenated alkanes) is 2. The summed E-state index contributed by atoms with van der Waals surface area (Å²) < 4.78 is 5.07. The Morgan fingerprint density at radius 1 is 1.50 bits per heavy atom. The Labute approximate surface area is 84.5 Å². The van der Waals surface area contributed by atoms with Gasteiger partial charge < -0.3 is 9.73 Å². The van der Waals surface area contributed by atoms with Crippen molar-refractivity contribution in [2.24, 2.45) is 0 Å². The number of aryl methyl sites for hydroxylation is 1. The van der Waals surface area contributed by atoms with Crippen molar-refractivity contribution in [3.63, 3.8) is 0 Å². The molecule has 0 aliphatic rings. The molecule has 0 unspecified atom stereocenters. The van der Waals surface area contributed by atoms with E-state index in [0.29, 0.717) is 5.76 Å². The van der Waals surface area contributed by atoms with Crippen LogP contribution in [-0.4, -0.2) is 12.5 Å². The summed E-state index contributed by atoms with van der Waals surface area (Å²) in [4.78, 5) is 11.5. The van der Waals surface area contributed by atoms with E-state index in [2.05, 4.69) is 12.2 Å². The minimum absolute atomic E-state index is 0.108. The van der Waals surface area contributed by atoms with Gasteiger partial charge in [-0.15, -0.1) is 0 Å². The lowest BCUT2D eigenvalue weighted by Gasteiger charge is -2.02. The maximum atomic E-state index is 11.5. The number of furan rings is 1. The molecule has 1 heterocycles. The van der Waals surface area contributed by atoms with Gasteiger partial charge in [0.05, 0.1) is 6.26 Å². The molecule has 0 bridgehead atoms. The zero-order chi connectivity index (χ0) is 10.4. The zero-order valence-electron chi connectivity index (χ0n) is 8.80. The summed E-state index contributed by atoms with van der Waals surface area (Å²) in [5.74, 6) is 0.324. The van der Waals surface area contributed by atoms with E-state index in [9.17, 15) is 4.79 Å². The van der Waals surface area contributed by atoms with E-state index in [1.807, 2.05) is 6.92 Å². The van der Waals surface area contributed by atoms with Crippen molar-refractivity contribution in [2.45, 2.75) is 33.1 Å². The van der Waals surface area contributed by atoms with Gasteiger partial charge in [0.15, 0.2) is 5.76 Å². The average molecular weight is 195 g/mol. The van der Waals surface area contributed by atoms with Crippen LogP contribution in [0.1, 0.15) is 42.3 Å². The molecule has 14 heavy (non-hydrogen) atoms. The Morgan fingerprint density at radius 3 is 2.86 bits per heavy atom. The third-order valence-electron chi connectivity index (χ3n) is 2.13. The fourth-order valence-corrected chi connectivity index (χ4v) is 1.26. The van der Waals surface area contributed by atoms with Crippen molar-refractivity contribution in [1.29, 1.82) is 0 Å². The predicted octanol–water partition coefficient (Wildman–Crippen LogP) is 2.51. The van der Waals surface area contributed by atoms with Gasteiger partial charge in [-0.2, -0.15) is 0 Å². The van der Waals surface area contributed by atoms with Crippen molar-refractivity contribution in [1.82, 2.24) is 5.32 Å². The Hall–Kier alpha value is -1.25. The predicted molar refractivity (Wildman–Crippen MR) is 55.3 cm³/mol. The molecule has 78 valence electrons. The van der Waals surface area contributed by atoms with Crippen LogP contribution in [0.5, 0.6) is 0 Å². The first-order valence-electron chi connectivity index (χ1n) is 5.08. The van der Waals surface area contributed by atoms with Crippen LogP contribution in [0.15, 0.2) is 16.7 Å². The highest BCUT2D eigenvalue weighted by Crippen LogP contribution is 2.07. The number of hydrogen-bond donors (Lipinski definition) is 1. The van der Waals surface area contributed by atoms with Crippen molar-refractivity contribution in [3.05, 3.63) is 23.7 Å². The second-order valence-corrected chi connectivity index (χ2v) is 3.40. The van der Waals surface area contributed by atoms with E-state index >= 15 is 0 Å². The molecule has 0 aliphatic heterocycles. The summed E-state index contributed by atoms with van der Waals surface area (Å²) in [7, 11) is 0. The number of carbonyl (C=O) groups excluding carboxylic acids is 1. The molecule has 1 rings (SSSR count). The summed E-state index contributed by atoms with van der Waals surface area (Å²) in [6.07, 6.45) is 4.88. The van der Waals surface area contributed by atoms with Crippen LogP contribution in [0, 0.1) is 6.92 Å². The van der Waals surface area contributed by atoms with Gasteiger partial charge in [-0.25, -0.2) is 0 Å². The van der Waals surface area contributed by atoms with Gasteiger partial charge in [-0.1, -0.05) is 19.8 Å². The van der Waals surface area contributed by atoms with Gasteiger partial charge in [0.2, 0.25) is 0 Å². The Morgan fingerprint density at radius 2 is 2.29 bits per heavy atom. The van der Waals surface area contributed by atoms with E-state index in [1.54, 1.807) is 6.07 Å². The zero-order valence-corrected chi connectivity index (χ0v) is 8.80. The third-order valence-corrected chi connectivity index (χ3v) is 2.13. The standard InChI is InChI=1S/C11H17NO2/c1-3-4-5-7-12-11(13)10-9(2)6-8-14-10/h6,8H,3-5,7H2,1-2H3,(H,12,13). The number of hydrogen-bond acceptors (Lipinski definition) is 2. The van der Waals surface area contributed by atoms with E-state index in [-0.39, 0.29) is 5.91 Å². The number of amides is 1. The fraction of sp³-hybridized carbons (Fsp3) is 0.545. The van der Waals surface area contributed by atoms with Crippen molar-refractivity contribution >= 4 is 5.91 Å². The maximum absolute atomic E-state index is 11.5. The molecule has 0 fully saturated rings. The second-order valence-electron chi connectivity index (χ2n) is 3.40. The highest BCUT2D eigenvalue weighted by molar-refractivity contribution is 5.92. The first-order valence-corrected chi connectivity index (χ1v) is 5.08. The summed E-state index contributed by atoms with van der Waals surface area (Å²) in [5, 5.41) is 2.83. The monoisotopic (exact) mass is 195 g/mol. The first-order chi connectivity index (χ1) is 6.75. The van der Waals surface area contributed by atoms with E-state index < -0.39 is 0 Å². The molecule has 3 nitrogen and oxygen atoms in total. The van der Waals surface area contributed by atoms with Crippen LogP contribution < -0.4 is 5.32 Å². The maximum Gasteiger partial charge on any atom is 0.287 e. The van der Waals surface area contributed by atoms with Gasteiger partial charge in [0.1, 0.15) is 0 Å². The van der Waals surface area contributed by atoms with Crippen molar-refractivity contribution < 1.29 is 9.21 Å². The average Bonchev–Trinajstić information content (AvgIpc) is 2.59. The highest BCUT2D eigenvalue weighted by Gasteiger charge is 2.10. The lowest BCUT2D eigenvalue weighted by Crippen LogP contribution is -2.24. The summed E-state index contributed by atoms with van der Waals surface area (Å²) in [5.41, 5.74) is 0.887. The second kappa shape index (κ2) is 5.47. The van der Waals surface area contributed by atoms with Crippen molar-refractivity contribution in [2.75, 3.05) is 6.54 Å². The summed E-state index contributed by atoms with van der Waals surface area (Å²) in [6.45, 7) is 4.73. The molecule has 1 aromatic rings. The van der Waals surface area contributed by atoms with Crippen LogP contribution in [0.25, 0.3) is 0 Å². The Balaban J connectivity index is 2.32. The minimum Gasteiger partial charge on any atom is -0.459 e. The molecule has 0 spiro atoms. The molecule has 0 atom stereocenters. The molecule has 1 aromatic heterocycles. The first kappa shape index (κ1) is 10.8. The molecule has 0 aliphatic carbocycles. The van der Waals surface area contributed by atoms with Crippen molar-refractivity contribution in [3.8, 4) is 0 Å². The largest absolute Gasteiger partial charge is 0.459 e. The lowest BCUT2D eigenvalue weighted by atomic mass is 10.2. The van der Waals surface area contributed by atoms with E-state index in [1.165, 1.54) is 6.26 Å². The molecular formula is C11H17NO2.